The number of hydrogen-bond acceptors (Lipinski definition) is 3. The maximum absolute atomic E-state index is 5.57. The van der Waals surface area contributed by atoms with Crippen LogP contribution in [0.2, 0.25) is 0 Å². The lowest BCUT2D eigenvalue weighted by molar-refractivity contribution is 0.325. The van der Waals surface area contributed by atoms with Crippen LogP contribution in [0.4, 0.5) is 5.82 Å². The minimum Gasteiger partial charge on any atom is -0.491 e. The van der Waals surface area contributed by atoms with Crippen molar-refractivity contribution in [1.29, 1.82) is 0 Å². The summed E-state index contributed by atoms with van der Waals surface area (Å²) >= 11 is 0. The van der Waals surface area contributed by atoms with Crippen LogP contribution in [-0.2, 0) is 0 Å². The van der Waals surface area contributed by atoms with E-state index in [1.54, 1.807) is 6.20 Å². The second kappa shape index (κ2) is 5.89. The quantitative estimate of drug-likeness (QED) is 0.784. The first-order valence-corrected chi connectivity index (χ1v) is 5.58. The second-order valence-corrected chi connectivity index (χ2v) is 3.68. The van der Waals surface area contributed by atoms with Crippen LogP contribution in [0.15, 0.2) is 48.7 Å². The molecule has 0 amide bonds. The molecule has 0 N–H and O–H groups in total. The zero-order valence-corrected chi connectivity index (χ0v) is 9.84. The lowest BCUT2D eigenvalue weighted by Gasteiger charge is -2.17. The number of anilines is 1. The molecule has 1 radical (unpaired) electrons. The Balaban J connectivity index is 1.79. The molecule has 0 spiro atoms. The fourth-order valence-electron chi connectivity index (χ4n) is 1.45. The smallest absolute Gasteiger partial charge is 0.128 e. The molecule has 2 rings (SSSR count). The first kappa shape index (κ1) is 11.5. The minimum absolute atomic E-state index is 0.619. The molecule has 2 aromatic rings. The Labute approximate surface area is 102 Å². The van der Waals surface area contributed by atoms with E-state index in [1.807, 2.05) is 49.5 Å². The molecular weight excluding hydrogens is 212 g/mol. The molecule has 87 valence electrons. The molecular formula is C14H15N2O. The summed E-state index contributed by atoms with van der Waals surface area (Å²) in [6.07, 6.45) is 1.79. The highest BCUT2D eigenvalue weighted by atomic mass is 16.5. The van der Waals surface area contributed by atoms with Gasteiger partial charge in [-0.05, 0) is 18.2 Å². The van der Waals surface area contributed by atoms with E-state index >= 15 is 0 Å². The number of hydrogen-bond donors (Lipinski definition) is 0. The molecule has 1 aromatic carbocycles. The molecule has 1 heterocycles. The third-order valence-corrected chi connectivity index (χ3v) is 2.41. The Hall–Kier alpha value is -2.03. The molecule has 0 saturated carbocycles. The van der Waals surface area contributed by atoms with Gasteiger partial charge in [-0.3, -0.25) is 0 Å². The maximum Gasteiger partial charge on any atom is 0.128 e. The van der Waals surface area contributed by atoms with Crippen LogP contribution < -0.4 is 9.64 Å². The predicted octanol–water partition coefficient (Wildman–Crippen LogP) is 2.40. The van der Waals surface area contributed by atoms with E-state index in [9.17, 15) is 0 Å². The Morgan fingerprint density at radius 3 is 2.82 bits per heavy atom. The van der Waals surface area contributed by atoms with Gasteiger partial charge in [-0.1, -0.05) is 24.3 Å². The Bertz CT molecular complexity index is 430. The summed E-state index contributed by atoms with van der Waals surface area (Å²) in [5.74, 6) is 1.73. The highest BCUT2D eigenvalue weighted by Crippen LogP contribution is 2.09. The molecule has 3 nitrogen and oxygen atoms in total. The monoisotopic (exact) mass is 227 g/mol. The molecule has 1 aromatic heterocycles. The Morgan fingerprint density at radius 2 is 2.12 bits per heavy atom. The second-order valence-electron chi connectivity index (χ2n) is 3.68. The van der Waals surface area contributed by atoms with E-state index < -0.39 is 0 Å². The molecule has 0 saturated heterocycles. The molecule has 3 heteroatoms. The highest BCUT2D eigenvalue weighted by Gasteiger charge is 2.01. The van der Waals surface area contributed by atoms with Gasteiger partial charge >= 0.3 is 0 Å². The van der Waals surface area contributed by atoms with Gasteiger partial charge in [0.05, 0.1) is 6.54 Å². The number of benzene rings is 1. The maximum atomic E-state index is 5.57. The van der Waals surface area contributed by atoms with E-state index in [0.29, 0.717) is 6.61 Å². The van der Waals surface area contributed by atoms with Crippen LogP contribution in [0.1, 0.15) is 0 Å². The fraction of sp³-hybridized carbons (Fsp3) is 0.214. The summed E-state index contributed by atoms with van der Waals surface area (Å²) in [6.45, 7) is 1.41. The molecule has 0 fully saturated rings. The van der Waals surface area contributed by atoms with E-state index in [2.05, 4.69) is 16.0 Å². The van der Waals surface area contributed by atoms with Gasteiger partial charge in [0.25, 0.3) is 0 Å². The average molecular weight is 227 g/mol. The summed E-state index contributed by atoms with van der Waals surface area (Å²) < 4.78 is 5.57. The summed E-state index contributed by atoms with van der Waals surface area (Å²) in [4.78, 5) is 6.33. The topological polar surface area (TPSA) is 25.4 Å². The first-order valence-electron chi connectivity index (χ1n) is 5.58. The highest BCUT2D eigenvalue weighted by molar-refractivity contribution is 5.36. The Kier molecular flexibility index (Phi) is 3.97. The number of ether oxygens (including phenoxy) is 1. The normalized spacial score (nSPS) is 9.94. The van der Waals surface area contributed by atoms with Crippen LogP contribution in [0, 0.1) is 6.07 Å². The van der Waals surface area contributed by atoms with Crippen LogP contribution in [0.3, 0.4) is 0 Å². The standard InChI is InChI=1S/C14H15N2O/c1-16(14-9-5-6-10-15-14)11-12-17-13-7-3-2-4-8-13/h2-7,9-10H,11-12H2,1H3. The molecule has 0 aliphatic rings. The summed E-state index contributed by atoms with van der Waals surface area (Å²) in [6, 6.07) is 16.5. The number of aromatic nitrogens is 1. The summed E-state index contributed by atoms with van der Waals surface area (Å²) in [5.41, 5.74) is 0. The lowest BCUT2D eigenvalue weighted by atomic mass is 10.3. The number of likely N-dealkylation sites (N-methyl/N-ethyl adjacent to an activating group) is 1. The van der Waals surface area contributed by atoms with Gasteiger partial charge in [0.15, 0.2) is 0 Å². The van der Waals surface area contributed by atoms with Crippen molar-refractivity contribution in [3.8, 4) is 5.75 Å². The van der Waals surface area contributed by atoms with Gasteiger partial charge in [0.2, 0.25) is 0 Å². The van der Waals surface area contributed by atoms with Crippen LogP contribution in [0.25, 0.3) is 0 Å². The number of nitrogens with zero attached hydrogens (tertiary/aromatic N) is 2. The molecule has 17 heavy (non-hydrogen) atoms. The van der Waals surface area contributed by atoms with Crippen molar-refractivity contribution in [3.05, 3.63) is 54.7 Å². The van der Waals surface area contributed by atoms with E-state index in [4.69, 9.17) is 4.74 Å². The van der Waals surface area contributed by atoms with Gasteiger partial charge in [-0.2, -0.15) is 0 Å². The molecule has 0 bridgehead atoms. The third-order valence-electron chi connectivity index (χ3n) is 2.41. The Morgan fingerprint density at radius 1 is 1.24 bits per heavy atom. The zero-order chi connectivity index (χ0) is 11.9. The molecule has 0 aliphatic carbocycles. The predicted molar refractivity (Wildman–Crippen MR) is 68.3 cm³/mol. The number of pyridine rings is 1. The summed E-state index contributed by atoms with van der Waals surface area (Å²) in [5, 5.41) is 0. The third kappa shape index (κ3) is 3.48. The molecule has 0 aliphatic heterocycles. The average Bonchev–Trinajstić information content (AvgIpc) is 2.41. The summed E-state index contributed by atoms with van der Waals surface area (Å²) in [7, 11) is 2.00. The minimum atomic E-state index is 0.619. The van der Waals surface area contributed by atoms with Crippen molar-refractivity contribution in [2.24, 2.45) is 0 Å². The molecule has 0 unspecified atom stereocenters. The van der Waals surface area contributed by atoms with E-state index in [1.165, 1.54) is 0 Å². The SMILES string of the molecule is CN(CCOc1[c]cccc1)c1ccccn1. The van der Waals surface area contributed by atoms with Gasteiger partial charge in [-0.15, -0.1) is 0 Å². The van der Waals surface area contributed by atoms with Gasteiger partial charge in [-0.25, -0.2) is 4.98 Å². The number of para-hydroxylation sites is 1. The van der Waals surface area contributed by atoms with Crippen molar-refractivity contribution < 1.29 is 4.74 Å². The molecule has 0 atom stereocenters. The van der Waals surface area contributed by atoms with Gasteiger partial charge in [0.1, 0.15) is 18.2 Å². The van der Waals surface area contributed by atoms with E-state index in [0.717, 1.165) is 18.1 Å². The largest absolute Gasteiger partial charge is 0.491 e. The van der Waals surface area contributed by atoms with Crippen LogP contribution in [-0.4, -0.2) is 25.2 Å². The van der Waals surface area contributed by atoms with Crippen LogP contribution >= 0.6 is 0 Å². The van der Waals surface area contributed by atoms with E-state index in [-0.39, 0.29) is 0 Å². The van der Waals surface area contributed by atoms with Crippen LogP contribution in [0.5, 0.6) is 5.75 Å². The van der Waals surface area contributed by atoms with Crippen molar-refractivity contribution in [3.63, 3.8) is 0 Å². The van der Waals surface area contributed by atoms with Crippen molar-refractivity contribution in [2.45, 2.75) is 0 Å². The van der Waals surface area contributed by atoms with Gasteiger partial charge in [0, 0.05) is 19.3 Å². The van der Waals surface area contributed by atoms with Crippen molar-refractivity contribution in [1.82, 2.24) is 4.98 Å². The fourth-order valence-corrected chi connectivity index (χ4v) is 1.45. The number of rotatable bonds is 5. The van der Waals surface area contributed by atoms with Gasteiger partial charge < -0.3 is 9.64 Å². The lowest BCUT2D eigenvalue weighted by Crippen LogP contribution is -2.24. The first-order chi connectivity index (χ1) is 8.36. The zero-order valence-electron chi connectivity index (χ0n) is 9.84. The van der Waals surface area contributed by atoms with Crippen molar-refractivity contribution in [2.75, 3.05) is 25.1 Å². The van der Waals surface area contributed by atoms with Crippen molar-refractivity contribution >= 4 is 5.82 Å².